The number of benzene rings is 1. The lowest BCUT2D eigenvalue weighted by molar-refractivity contribution is 0.152. The molecule has 1 saturated heterocycles. The Morgan fingerprint density at radius 1 is 1.25 bits per heavy atom. The zero-order chi connectivity index (χ0) is 16.5. The molecule has 1 unspecified atom stereocenters. The van der Waals surface area contributed by atoms with Gasteiger partial charge in [-0.15, -0.1) is 30.6 Å². The SMILES string of the molecule is C=CCNC(=NC)NCc1ccc(CN2CCCCC2C)cc1.I. The number of likely N-dealkylation sites (tertiary alicyclic amines) is 1. The van der Waals surface area contributed by atoms with Gasteiger partial charge in [-0.1, -0.05) is 36.8 Å². The molecule has 0 aromatic heterocycles. The molecular formula is C19H31IN4. The first-order valence-electron chi connectivity index (χ1n) is 8.60. The molecule has 1 heterocycles. The number of aliphatic imine (C=N–C) groups is 1. The maximum atomic E-state index is 4.18. The molecule has 134 valence electrons. The van der Waals surface area contributed by atoms with Crippen molar-refractivity contribution in [1.29, 1.82) is 0 Å². The average Bonchev–Trinajstić information content (AvgIpc) is 2.58. The molecule has 1 atom stereocenters. The maximum Gasteiger partial charge on any atom is 0.191 e. The molecule has 1 aromatic carbocycles. The molecule has 1 aromatic rings. The van der Waals surface area contributed by atoms with Crippen molar-refractivity contribution in [3.63, 3.8) is 0 Å². The molecule has 1 aliphatic heterocycles. The Labute approximate surface area is 163 Å². The second-order valence-electron chi connectivity index (χ2n) is 6.23. The first-order chi connectivity index (χ1) is 11.2. The van der Waals surface area contributed by atoms with E-state index in [1.807, 2.05) is 6.08 Å². The molecule has 4 nitrogen and oxygen atoms in total. The topological polar surface area (TPSA) is 39.7 Å². The fourth-order valence-electron chi connectivity index (χ4n) is 2.96. The van der Waals surface area contributed by atoms with Crippen molar-refractivity contribution in [2.24, 2.45) is 4.99 Å². The van der Waals surface area contributed by atoms with Gasteiger partial charge in [0.1, 0.15) is 0 Å². The molecule has 24 heavy (non-hydrogen) atoms. The van der Waals surface area contributed by atoms with Gasteiger partial charge in [0.05, 0.1) is 0 Å². The van der Waals surface area contributed by atoms with E-state index in [2.05, 4.69) is 58.3 Å². The van der Waals surface area contributed by atoms with Crippen molar-refractivity contribution in [3.05, 3.63) is 48.0 Å². The van der Waals surface area contributed by atoms with Crippen molar-refractivity contribution in [2.75, 3.05) is 20.1 Å². The summed E-state index contributed by atoms with van der Waals surface area (Å²) < 4.78 is 0. The van der Waals surface area contributed by atoms with E-state index in [1.54, 1.807) is 7.05 Å². The minimum atomic E-state index is 0. The van der Waals surface area contributed by atoms with Crippen molar-refractivity contribution < 1.29 is 0 Å². The molecule has 0 bridgehead atoms. The lowest BCUT2D eigenvalue weighted by Crippen LogP contribution is -2.37. The Morgan fingerprint density at radius 2 is 1.96 bits per heavy atom. The standard InChI is InChI=1S/C19H30N4.HI/c1-4-12-21-19(20-3)22-14-17-8-10-18(11-9-17)15-23-13-6-5-7-16(23)2;/h4,8-11,16H,1,5-7,12-15H2,2-3H3,(H2,20,21,22);1H. The summed E-state index contributed by atoms with van der Waals surface area (Å²) in [4.78, 5) is 6.78. The van der Waals surface area contributed by atoms with Crippen LogP contribution in [0.1, 0.15) is 37.3 Å². The van der Waals surface area contributed by atoms with E-state index in [1.165, 1.54) is 36.9 Å². The van der Waals surface area contributed by atoms with Crippen LogP contribution >= 0.6 is 24.0 Å². The van der Waals surface area contributed by atoms with Crippen LogP contribution in [0.3, 0.4) is 0 Å². The van der Waals surface area contributed by atoms with E-state index < -0.39 is 0 Å². The van der Waals surface area contributed by atoms with Crippen LogP contribution in [0.5, 0.6) is 0 Å². The molecule has 0 radical (unpaired) electrons. The van der Waals surface area contributed by atoms with E-state index in [0.29, 0.717) is 12.6 Å². The fourth-order valence-corrected chi connectivity index (χ4v) is 2.96. The predicted octanol–water partition coefficient (Wildman–Crippen LogP) is 3.53. The molecule has 5 heteroatoms. The number of hydrogen-bond acceptors (Lipinski definition) is 2. The Bertz CT molecular complexity index is 513. The number of nitrogens with zero attached hydrogens (tertiary/aromatic N) is 2. The molecule has 0 aliphatic carbocycles. The molecule has 1 fully saturated rings. The van der Waals surface area contributed by atoms with Gasteiger partial charge in [0.15, 0.2) is 5.96 Å². The van der Waals surface area contributed by atoms with E-state index in [-0.39, 0.29) is 24.0 Å². The van der Waals surface area contributed by atoms with Gasteiger partial charge in [-0.2, -0.15) is 0 Å². The van der Waals surface area contributed by atoms with E-state index in [9.17, 15) is 0 Å². The first kappa shape index (κ1) is 21.0. The van der Waals surface area contributed by atoms with E-state index >= 15 is 0 Å². The van der Waals surface area contributed by atoms with Crippen LogP contribution in [0.25, 0.3) is 0 Å². The highest BCUT2D eigenvalue weighted by molar-refractivity contribution is 14.0. The van der Waals surface area contributed by atoms with Gasteiger partial charge in [0.25, 0.3) is 0 Å². The lowest BCUT2D eigenvalue weighted by atomic mass is 10.0. The number of nitrogens with one attached hydrogen (secondary N) is 2. The Hall–Kier alpha value is -1.08. The number of hydrogen-bond donors (Lipinski definition) is 2. The predicted molar refractivity (Wildman–Crippen MR) is 114 cm³/mol. The van der Waals surface area contributed by atoms with Crippen molar-refractivity contribution in [2.45, 2.75) is 45.3 Å². The van der Waals surface area contributed by atoms with Crippen molar-refractivity contribution in [1.82, 2.24) is 15.5 Å². The maximum absolute atomic E-state index is 4.18. The zero-order valence-electron chi connectivity index (χ0n) is 14.9. The summed E-state index contributed by atoms with van der Waals surface area (Å²) >= 11 is 0. The van der Waals surface area contributed by atoms with Crippen LogP contribution in [-0.2, 0) is 13.1 Å². The minimum Gasteiger partial charge on any atom is -0.353 e. The van der Waals surface area contributed by atoms with Crippen LogP contribution in [-0.4, -0.2) is 37.0 Å². The van der Waals surface area contributed by atoms with Crippen LogP contribution < -0.4 is 10.6 Å². The third-order valence-corrected chi connectivity index (χ3v) is 4.45. The Morgan fingerprint density at radius 3 is 2.58 bits per heavy atom. The lowest BCUT2D eigenvalue weighted by Gasteiger charge is -2.33. The Balaban J connectivity index is 0.00000288. The minimum absolute atomic E-state index is 0. The third kappa shape index (κ3) is 6.81. The Kier molecular flexibility index (Phi) is 10.0. The van der Waals surface area contributed by atoms with E-state index in [4.69, 9.17) is 0 Å². The highest BCUT2D eigenvalue weighted by Crippen LogP contribution is 2.19. The summed E-state index contributed by atoms with van der Waals surface area (Å²) in [6.07, 6.45) is 5.87. The summed E-state index contributed by atoms with van der Waals surface area (Å²) in [6.45, 7) is 9.83. The van der Waals surface area contributed by atoms with Crippen LogP contribution in [0.2, 0.25) is 0 Å². The summed E-state index contributed by atoms with van der Waals surface area (Å²) in [5.74, 6) is 0.802. The molecule has 2 N–H and O–H groups in total. The quantitative estimate of drug-likeness (QED) is 0.307. The largest absolute Gasteiger partial charge is 0.353 e. The summed E-state index contributed by atoms with van der Waals surface area (Å²) in [5.41, 5.74) is 2.67. The van der Waals surface area contributed by atoms with Gasteiger partial charge in [0.2, 0.25) is 0 Å². The fraction of sp³-hybridized carbons (Fsp3) is 0.526. The van der Waals surface area contributed by atoms with Gasteiger partial charge in [-0.05, 0) is 37.4 Å². The number of piperidine rings is 1. The summed E-state index contributed by atoms with van der Waals surface area (Å²) in [5, 5.41) is 6.48. The van der Waals surface area contributed by atoms with Gasteiger partial charge < -0.3 is 10.6 Å². The van der Waals surface area contributed by atoms with E-state index in [0.717, 1.165) is 19.0 Å². The summed E-state index contributed by atoms with van der Waals surface area (Å²) in [6, 6.07) is 9.62. The van der Waals surface area contributed by atoms with Crippen molar-refractivity contribution in [3.8, 4) is 0 Å². The normalized spacial score (nSPS) is 18.6. The highest BCUT2D eigenvalue weighted by Gasteiger charge is 2.17. The van der Waals surface area contributed by atoms with Gasteiger partial charge in [-0.3, -0.25) is 9.89 Å². The van der Waals surface area contributed by atoms with Gasteiger partial charge >= 0.3 is 0 Å². The second kappa shape index (κ2) is 11.5. The molecule has 0 amide bonds. The van der Waals surface area contributed by atoms with Crippen LogP contribution in [0.15, 0.2) is 41.9 Å². The molecule has 1 aliphatic rings. The number of guanidine groups is 1. The average molecular weight is 442 g/mol. The number of halogens is 1. The highest BCUT2D eigenvalue weighted by atomic mass is 127. The zero-order valence-corrected chi connectivity index (χ0v) is 17.3. The molecule has 0 spiro atoms. The first-order valence-corrected chi connectivity index (χ1v) is 8.60. The summed E-state index contributed by atoms with van der Waals surface area (Å²) in [7, 11) is 1.78. The van der Waals surface area contributed by atoms with Crippen LogP contribution in [0, 0.1) is 0 Å². The third-order valence-electron chi connectivity index (χ3n) is 4.45. The molecule has 2 rings (SSSR count). The van der Waals surface area contributed by atoms with Gasteiger partial charge in [-0.25, -0.2) is 0 Å². The second-order valence-corrected chi connectivity index (χ2v) is 6.23. The monoisotopic (exact) mass is 442 g/mol. The smallest absolute Gasteiger partial charge is 0.191 e. The van der Waals surface area contributed by atoms with Crippen LogP contribution in [0.4, 0.5) is 0 Å². The molecule has 0 saturated carbocycles. The van der Waals surface area contributed by atoms with Gasteiger partial charge in [0, 0.05) is 32.7 Å². The molecular weight excluding hydrogens is 411 g/mol. The van der Waals surface area contributed by atoms with Crippen molar-refractivity contribution >= 4 is 29.9 Å². The number of rotatable bonds is 6.